The van der Waals surface area contributed by atoms with E-state index in [0.717, 1.165) is 63.7 Å². The normalized spacial score (nSPS) is 25.5. The lowest BCUT2D eigenvalue weighted by Gasteiger charge is -2.39. The van der Waals surface area contributed by atoms with E-state index < -0.39 is 0 Å². The van der Waals surface area contributed by atoms with Gasteiger partial charge in [0, 0.05) is 39.0 Å². The Morgan fingerprint density at radius 1 is 1.35 bits per heavy atom. The summed E-state index contributed by atoms with van der Waals surface area (Å²) in [5.41, 5.74) is 0. The largest absolute Gasteiger partial charge is 0.377 e. The fourth-order valence-corrected chi connectivity index (χ4v) is 3.54. The smallest absolute Gasteiger partial charge is 0.228 e. The summed E-state index contributed by atoms with van der Waals surface area (Å²) in [6, 6.07) is 1.94. The second kappa shape index (κ2) is 7.25. The van der Waals surface area contributed by atoms with Gasteiger partial charge in [-0.05, 0) is 32.3 Å². The molecule has 3 heterocycles. The number of ether oxygens (including phenoxy) is 1. The second-order valence-electron chi connectivity index (χ2n) is 6.34. The number of hydrogen-bond donors (Lipinski definition) is 0. The van der Waals surface area contributed by atoms with Gasteiger partial charge in [0.2, 0.25) is 5.91 Å². The van der Waals surface area contributed by atoms with Gasteiger partial charge in [-0.25, -0.2) is 9.97 Å². The minimum absolute atomic E-state index is 0.0431. The van der Waals surface area contributed by atoms with Gasteiger partial charge in [-0.15, -0.1) is 0 Å². The number of carbonyl (C=O) groups is 1. The molecule has 2 saturated heterocycles. The molecule has 23 heavy (non-hydrogen) atoms. The number of piperazine rings is 1. The van der Waals surface area contributed by atoms with Gasteiger partial charge >= 0.3 is 0 Å². The number of nitrogens with zero attached hydrogens (tertiary/aromatic N) is 4. The number of amides is 1. The topological polar surface area (TPSA) is 58.6 Å². The Balaban J connectivity index is 1.59. The van der Waals surface area contributed by atoms with Crippen molar-refractivity contribution in [1.82, 2.24) is 14.9 Å². The van der Waals surface area contributed by atoms with Gasteiger partial charge in [0.25, 0.3) is 0 Å². The van der Waals surface area contributed by atoms with E-state index in [1.165, 1.54) is 0 Å². The molecule has 0 radical (unpaired) electrons. The van der Waals surface area contributed by atoms with E-state index in [1.54, 1.807) is 6.20 Å². The van der Waals surface area contributed by atoms with Gasteiger partial charge in [0.05, 0.1) is 12.0 Å². The molecule has 3 rings (SSSR count). The number of anilines is 1. The molecule has 2 atom stereocenters. The lowest BCUT2D eigenvalue weighted by atomic mass is 9.91. The van der Waals surface area contributed by atoms with E-state index in [2.05, 4.69) is 21.8 Å². The van der Waals surface area contributed by atoms with Gasteiger partial charge in [-0.2, -0.15) is 0 Å². The summed E-state index contributed by atoms with van der Waals surface area (Å²) in [6.45, 7) is 7.97. The summed E-state index contributed by atoms with van der Waals surface area (Å²) >= 11 is 0. The van der Waals surface area contributed by atoms with E-state index in [0.29, 0.717) is 0 Å². The maximum Gasteiger partial charge on any atom is 0.228 e. The van der Waals surface area contributed by atoms with Gasteiger partial charge in [-0.3, -0.25) is 4.79 Å². The second-order valence-corrected chi connectivity index (χ2v) is 6.34. The van der Waals surface area contributed by atoms with E-state index >= 15 is 0 Å². The summed E-state index contributed by atoms with van der Waals surface area (Å²) < 4.78 is 5.78. The molecule has 0 unspecified atom stereocenters. The van der Waals surface area contributed by atoms with Crippen LogP contribution in [0.15, 0.2) is 12.3 Å². The average Bonchev–Trinajstić information content (AvgIpc) is 2.61. The fraction of sp³-hybridized carbons (Fsp3) is 0.706. The molecule has 0 N–H and O–H groups in total. The maximum atomic E-state index is 12.8. The van der Waals surface area contributed by atoms with Gasteiger partial charge in [0.1, 0.15) is 11.6 Å². The Morgan fingerprint density at radius 3 is 2.83 bits per heavy atom. The zero-order valence-corrected chi connectivity index (χ0v) is 14.1. The molecule has 0 aromatic carbocycles. The van der Waals surface area contributed by atoms with E-state index in [9.17, 15) is 4.79 Å². The Kier molecular flexibility index (Phi) is 5.10. The molecule has 6 nitrogen and oxygen atoms in total. The van der Waals surface area contributed by atoms with Crippen LogP contribution < -0.4 is 4.90 Å². The van der Waals surface area contributed by atoms with Crippen LogP contribution in [-0.2, 0) is 9.53 Å². The van der Waals surface area contributed by atoms with Gasteiger partial charge in [0.15, 0.2) is 0 Å². The first-order valence-electron chi connectivity index (χ1n) is 8.64. The summed E-state index contributed by atoms with van der Waals surface area (Å²) in [4.78, 5) is 25.7. The van der Waals surface area contributed by atoms with Crippen molar-refractivity contribution in [3.63, 3.8) is 0 Å². The van der Waals surface area contributed by atoms with Crippen LogP contribution in [0.4, 0.5) is 5.82 Å². The first kappa shape index (κ1) is 16.2. The predicted molar refractivity (Wildman–Crippen MR) is 88.3 cm³/mol. The first-order chi connectivity index (χ1) is 11.2. The number of hydrogen-bond acceptors (Lipinski definition) is 5. The molecule has 2 aliphatic rings. The summed E-state index contributed by atoms with van der Waals surface area (Å²) in [6.07, 6.45) is 4.76. The van der Waals surface area contributed by atoms with Crippen LogP contribution >= 0.6 is 0 Å². The third-order valence-corrected chi connectivity index (χ3v) is 4.84. The molecule has 2 fully saturated rings. The highest BCUT2D eigenvalue weighted by atomic mass is 16.5. The number of rotatable bonds is 3. The van der Waals surface area contributed by atoms with Crippen LogP contribution in [-0.4, -0.2) is 59.7 Å². The SMILES string of the molecule is CC[C@@H]1OCCC[C@H]1C(=O)N1CCN(c2ccnc(C)n2)CC1. The van der Waals surface area contributed by atoms with E-state index in [-0.39, 0.29) is 17.9 Å². The van der Waals surface area contributed by atoms with Crippen molar-refractivity contribution in [3.05, 3.63) is 18.1 Å². The number of aryl methyl sites for hydroxylation is 1. The highest BCUT2D eigenvalue weighted by molar-refractivity contribution is 5.79. The molecule has 2 aliphatic heterocycles. The lowest BCUT2D eigenvalue weighted by Crippen LogP contribution is -2.52. The molecule has 6 heteroatoms. The molecular formula is C17H26N4O2. The van der Waals surface area contributed by atoms with Crippen LogP contribution in [0.5, 0.6) is 0 Å². The van der Waals surface area contributed by atoms with Crippen molar-refractivity contribution in [2.45, 2.75) is 39.2 Å². The summed E-state index contributed by atoms with van der Waals surface area (Å²) in [5.74, 6) is 2.06. The molecule has 126 valence electrons. The van der Waals surface area contributed by atoms with E-state index in [1.807, 2.05) is 17.9 Å². The Morgan fingerprint density at radius 2 is 2.13 bits per heavy atom. The standard InChI is InChI=1S/C17H26N4O2/c1-3-15-14(5-4-12-23-15)17(22)21-10-8-20(9-11-21)16-6-7-18-13(2)19-16/h6-7,14-15H,3-5,8-12H2,1-2H3/t14-,15+/m1/s1. The molecule has 1 aromatic rings. The lowest BCUT2D eigenvalue weighted by molar-refractivity contribution is -0.145. The van der Waals surface area contributed by atoms with Crippen molar-refractivity contribution in [3.8, 4) is 0 Å². The third-order valence-electron chi connectivity index (χ3n) is 4.84. The molecule has 1 amide bonds. The minimum Gasteiger partial charge on any atom is -0.377 e. The average molecular weight is 318 g/mol. The van der Waals surface area contributed by atoms with Crippen LogP contribution in [0, 0.1) is 12.8 Å². The summed E-state index contributed by atoms with van der Waals surface area (Å²) in [7, 11) is 0. The van der Waals surface area contributed by atoms with Crippen LogP contribution in [0.1, 0.15) is 32.0 Å². The number of carbonyl (C=O) groups excluding carboxylic acids is 1. The Labute approximate surface area is 137 Å². The third kappa shape index (κ3) is 3.63. The Hall–Kier alpha value is -1.69. The van der Waals surface area contributed by atoms with Gasteiger partial charge in [-0.1, -0.05) is 6.92 Å². The molecule has 0 spiro atoms. The maximum absolute atomic E-state index is 12.8. The molecule has 0 bridgehead atoms. The Bertz CT molecular complexity index is 543. The predicted octanol–water partition coefficient (Wildman–Crippen LogP) is 1.64. The zero-order valence-electron chi connectivity index (χ0n) is 14.1. The fourth-order valence-electron chi connectivity index (χ4n) is 3.54. The van der Waals surface area contributed by atoms with Crippen molar-refractivity contribution >= 4 is 11.7 Å². The highest BCUT2D eigenvalue weighted by Gasteiger charge is 2.34. The van der Waals surface area contributed by atoms with Gasteiger partial charge < -0.3 is 14.5 Å². The summed E-state index contributed by atoms with van der Waals surface area (Å²) in [5, 5.41) is 0. The molecular weight excluding hydrogens is 292 g/mol. The van der Waals surface area contributed by atoms with E-state index in [4.69, 9.17) is 4.74 Å². The quantitative estimate of drug-likeness (QED) is 0.848. The molecule has 0 saturated carbocycles. The first-order valence-corrected chi connectivity index (χ1v) is 8.64. The van der Waals surface area contributed by atoms with Crippen molar-refractivity contribution in [2.24, 2.45) is 5.92 Å². The zero-order chi connectivity index (χ0) is 16.2. The van der Waals surface area contributed by atoms with Crippen molar-refractivity contribution < 1.29 is 9.53 Å². The van der Waals surface area contributed by atoms with Crippen LogP contribution in [0.25, 0.3) is 0 Å². The minimum atomic E-state index is 0.0431. The molecule has 0 aliphatic carbocycles. The van der Waals surface area contributed by atoms with Crippen molar-refractivity contribution in [1.29, 1.82) is 0 Å². The highest BCUT2D eigenvalue weighted by Crippen LogP contribution is 2.26. The molecule has 1 aromatic heterocycles. The number of aromatic nitrogens is 2. The monoisotopic (exact) mass is 318 g/mol. The van der Waals surface area contributed by atoms with Crippen LogP contribution in [0.3, 0.4) is 0 Å². The van der Waals surface area contributed by atoms with Crippen LogP contribution in [0.2, 0.25) is 0 Å². The van der Waals surface area contributed by atoms with Crippen molar-refractivity contribution in [2.75, 3.05) is 37.7 Å².